The summed E-state index contributed by atoms with van der Waals surface area (Å²) >= 11 is 7.09. The number of ether oxygens (including phenoxy) is 1. The number of nitrogens with zero attached hydrogens (tertiary/aromatic N) is 3. The minimum Gasteiger partial charge on any atom is -0.462 e. The quantitative estimate of drug-likeness (QED) is 0.556. The average molecular weight is 416 g/mol. The standard InChI is InChI=1S/C17H13ClF3N3O2S/c1-2-26-16(25)11-6-22-24(7-11)8-15-23-14(9-27-15)10-3-4-12(13(18)5-10)17(19,20)21/h3-7,9H,2,8H2,1H3. The van der Waals surface area contributed by atoms with E-state index in [0.717, 1.165) is 6.07 Å². The number of benzene rings is 1. The van der Waals surface area contributed by atoms with Gasteiger partial charge in [-0.15, -0.1) is 11.3 Å². The lowest BCUT2D eigenvalue weighted by atomic mass is 10.1. The first kappa shape index (κ1) is 19.4. The Bertz CT molecular complexity index is 968. The van der Waals surface area contributed by atoms with Gasteiger partial charge >= 0.3 is 12.1 Å². The molecule has 0 N–H and O–H groups in total. The number of halogens is 4. The number of aromatic nitrogens is 3. The third kappa shape index (κ3) is 4.48. The molecule has 3 rings (SSSR count). The maximum Gasteiger partial charge on any atom is 0.417 e. The fraction of sp³-hybridized carbons (Fsp3) is 0.235. The van der Waals surface area contributed by atoms with Crippen LogP contribution in [0.2, 0.25) is 5.02 Å². The van der Waals surface area contributed by atoms with Gasteiger partial charge in [0.2, 0.25) is 0 Å². The molecule has 0 aliphatic carbocycles. The first-order chi connectivity index (χ1) is 12.8. The van der Waals surface area contributed by atoms with E-state index in [9.17, 15) is 18.0 Å². The zero-order valence-corrected chi connectivity index (χ0v) is 15.5. The topological polar surface area (TPSA) is 57.0 Å². The second-order valence-electron chi connectivity index (χ2n) is 5.47. The Morgan fingerprint density at radius 3 is 2.81 bits per heavy atom. The smallest absolute Gasteiger partial charge is 0.417 e. The monoisotopic (exact) mass is 415 g/mol. The SMILES string of the molecule is CCOC(=O)c1cnn(Cc2nc(-c3ccc(C(F)(F)F)c(Cl)c3)cs2)c1. The lowest BCUT2D eigenvalue weighted by Crippen LogP contribution is -2.05. The van der Waals surface area contributed by atoms with Crippen LogP contribution in [0.25, 0.3) is 11.3 Å². The highest BCUT2D eigenvalue weighted by Gasteiger charge is 2.33. The van der Waals surface area contributed by atoms with E-state index in [1.807, 2.05) is 0 Å². The van der Waals surface area contributed by atoms with E-state index >= 15 is 0 Å². The highest BCUT2D eigenvalue weighted by molar-refractivity contribution is 7.09. The molecule has 0 saturated heterocycles. The molecule has 5 nitrogen and oxygen atoms in total. The molecule has 0 aliphatic heterocycles. The summed E-state index contributed by atoms with van der Waals surface area (Å²) in [6.07, 6.45) is -1.55. The molecule has 0 unspecified atom stereocenters. The summed E-state index contributed by atoms with van der Waals surface area (Å²) < 4.78 is 44.8. The minimum absolute atomic E-state index is 0.273. The molecule has 0 saturated carbocycles. The first-order valence-electron chi connectivity index (χ1n) is 7.79. The third-order valence-electron chi connectivity index (χ3n) is 3.56. The summed E-state index contributed by atoms with van der Waals surface area (Å²) in [4.78, 5) is 16.0. The second-order valence-corrected chi connectivity index (χ2v) is 6.82. The average Bonchev–Trinajstić information content (AvgIpc) is 3.24. The van der Waals surface area contributed by atoms with Crippen molar-refractivity contribution >= 4 is 28.9 Å². The third-order valence-corrected chi connectivity index (χ3v) is 4.71. The fourth-order valence-corrected chi connectivity index (χ4v) is 3.41. The highest BCUT2D eigenvalue weighted by Crippen LogP contribution is 2.36. The number of hydrogen-bond donors (Lipinski definition) is 0. The van der Waals surface area contributed by atoms with Crippen LogP contribution in [0.1, 0.15) is 27.9 Å². The van der Waals surface area contributed by atoms with E-state index in [4.69, 9.17) is 16.3 Å². The van der Waals surface area contributed by atoms with E-state index in [1.165, 1.54) is 34.3 Å². The number of rotatable bonds is 5. The van der Waals surface area contributed by atoms with E-state index in [2.05, 4.69) is 10.1 Å². The lowest BCUT2D eigenvalue weighted by molar-refractivity contribution is -0.137. The van der Waals surface area contributed by atoms with Crippen LogP contribution in [-0.4, -0.2) is 27.3 Å². The summed E-state index contributed by atoms with van der Waals surface area (Å²) in [6.45, 7) is 2.31. The number of carbonyl (C=O) groups excluding carboxylic acids is 1. The first-order valence-corrected chi connectivity index (χ1v) is 9.04. The van der Waals surface area contributed by atoms with E-state index in [0.29, 0.717) is 28.4 Å². The molecule has 27 heavy (non-hydrogen) atoms. The Hall–Kier alpha value is -2.39. The molecule has 0 amide bonds. The molecular weight excluding hydrogens is 403 g/mol. The van der Waals surface area contributed by atoms with Crippen molar-refractivity contribution in [2.75, 3.05) is 6.61 Å². The molecule has 1 aromatic carbocycles. The largest absolute Gasteiger partial charge is 0.462 e. The van der Waals surface area contributed by atoms with Crippen molar-refractivity contribution in [3.8, 4) is 11.3 Å². The van der Waals surface area contributed by atoms with Crippen LogP contribution in [0.15, 0.2) is 36.0 Å². The van der Waals surface area contributed by atoms with Crippen molar-refractivity contribution in [1.29, 1.82) is 0 Å². The van der Waals surface area contributed by atoms with Gasteiger partial charge in [-0.25, -0.2) is 9.78 Å². The number of thiazole rings is 1. The van der Waals surface area contributed by atoms with Gasteiger partial charge in [-0.05, 0) is 19.1 Å². The van der Waals surface area contributed by atoms with Crippen molar-refractivity contribution in [3.05, 3.63) is 57.1 Å². The molecule has 0 atom stereocenters. The van der Waals surface area contributed by atoms with Gasteiger partial charge in [-0.2, -0.15) is 18.3 Å². The summed E-state index contributed by atoms with van der Waals surface area (Å²) in [5, 5.41) is 6.12. The summed E-state index contributed by atoms with van der Waals surface area (Å²) in [7, 11) is 0. The summed E-state index contributed by atoms with van der Waals surface area (Å²) in [5.41, 5.74) is 0.459. The highest BCUT2D eigenvalue weighted by atomic mass is 35.5. The van der Waals surface area contributed by atoms with Gasteiger partial charge in [0.1, 0.15) is 5.01 Å². The van der Waals surface area contributed by atoms with Crippen LogP contribution >= 0.6 is 22.9 Å². The molecule has 2 heterocycles. The van der Waals surface area contributed by atoms with E-state index in [-0.39, 0.29) is 11.6 Å². The molecule has 142 valence electrons. The maximum atomic E-state index is 12.8. The normalized spacial score (nSPS) is 11.6. The minimum atomic E-state index is -4.50. The van der Waals surface area contributed by atoms with E-state index in [1.54, 1.807) is 18.5 Å². The lowest BCUT2D eigenvalue weighted by Gasteiger charge is -2.09. The van der Waals surface area contributed by atoms with Gasteiger partial charge in [0.15, 0.2) is 0 Å². The Labute approximate surface area is 161 Å². The van der Waals surface area contributed by atoms with Crippen molar-refractivity contribution in [2.45, 2.75) is 19.6 Å². The van der Waals surface area contributed by atoms with Gasteiger partial charge < -0.3 is 4.74 Å². The van der Waals surface area contributed by atoms with Crippen LogP contribution < -0.4 is 0 Å². The number of carbonyl (C=O) groups is 1. The molecule has 0 bridgehead atoms. The molecule has 0 aliphatic rings. The Morgan fingerprint density at radius 1 is 1.37 bits per heavy atom. The molecule has 2 aromatic heterocycles. The zero-order valence-electron chi connectivity index (χ0n) is 14.0. The molecule has 0 radical (unpaired) electrons. The predicted octanol–water partition coefficient (Wildman–Crippen LogP) is 4.90. The van der Waals surface area contributed by atoms with Crippen LogP contribution in [0.4, 0.5) is 13.2 Å². The Balaban J connectivity index is 1.76. The summed E-state index contributed by atoms with van der Waals surface area (Å²) in [5.74, 6) is -0.456. The van der Waals surface area contributed by atoms with Crippen LogP contribution in [0, 0.1) is 0 Å². The zero-order chi connectivity index (χ0) is 19.6. The maximum absolute atomic E-state index is 12.8. The Kier molecular flexibility index (Phi) is 5.52. The van der Waals surface area contributed by atoms with Crippen molar-refractivity contribution in [1.82, 2.24) is 14.8 Å². The number of hydrogen-bond acceptors (Lipinski definition) is 5. The van der Waals surface area contributed by atoms with Crippen LogP contribution in [0.3, 0.4) is 0 Å². The van der Waals surface area contributed by atoms with Crippen LogP contribution in [-0.2, 0) is 17.5 Å². The molecule has 0 fully saturated rings. The molecule has 3 aromatic rings. The fourth-order valence-electron chi connectivity index (χ4n) is 2.33. The number of esters is 1. The second kappa shape index (κ2) is 7.69. The summed E-state index contributed by atoms with van der Waals surface area (Å²) in [6, 6.07) is 3.52. The van der Waals surface area contributed by atoms with Gasteiger partial charge in [0, 0.05) is 17.1 Å². The van der Waals surface area contributed by atoms with Crippen molar-refractivity contribution in [2.24, 2.45) is 0 Å². The van der Waals surface area contributed by atoms with E-state index < -0.39 is 17.7 Å². The van der Waals surface area contributed by atoms with Crippen molar-refractivity contribution < 1.29 is 22.7 Å². The predicted molar refractivity (Wildman–Crippen MR) is 94.8 cm³/mol. The van der Waals surface area contributed by atoms with Gasteiger partial charge in [0.05, 0.1) is 41.2 Å². The van der Waals surface area contributed by atoms with Gasteiger partial charge in [0.25, 0.3) is 0 Å². The number of alkyl halides is 3. The molecular formula is C17H13ClF3N3O2S. The van der Waals surface area contributed by atoms with Crippen LogP contribution in [0.5, 0.6) is 0 Å². The van der Waals surface area contributed by atoms with Gasteiger partial charge in [-0.3, -0.25) is 4.68 Å². The van der Waals surface area contributed by atoms with Crippen molar-refractivity contribution in [3.63, 3.8) is 0 Å². The molecule has 0 spiro atoms. The van der Waals surface area contributed by atoms with Gasteiger partial charge in [-0.1, -0.05) is 17.7 Å². The molecule has 10 heteroatoms. The Morgan fingerprint density at radius 2 is 2.15 bits per heavy atom.